The molecule has 8 nitrogen and oxygen atoms in total. The molecule has 1 amide bonds. The zero-order valence-electron chi connectivity index (χ0n) is 18.5. The first kappa shape index (κ1) is 24.5. The highest BCUT2D eigenvalue weighted by atomic mass is 19.4. The third kappa shape index (κ3) is 6.06. The van der Waals surface area contributed by atoms with Gasteiger partial charge in [-0.05, 0) is 35.9 Å². The first-order valence-corrected chi connectivity index (χ1v) is 10.6. The molecular formula is C25H18F3N3O5. The molecule has 0 atom stereocenters. The zero-order chi connectivity index (χ0) is 25.7. The topological polar surface area (TPSA) is 99.5 Å². The first-order valence-electron chi connectivity index (χ1n) is 10.6. The van der Waals surface area contributed by atoms with Crippen molar-refractivity contribution < 1.29 is 32.2 Å². The minimum atomic E-state index is -4.83. The maximum Gasteiger partial charge on any atom is 0.573 e. The Hall–Kier alpha value is -4.67. The lowest BCUT2D eigenvalue weighted by atomic mass is 10.1. The Balaban J connectivity index is 1.47. The molecule has 0 aliphatic rings. The van der Waals surface area contributed by atoms with Gasteiger partial charge in [-0.25, -0.2) is 9.48 Å². The molecule has 0 spiro atoms. The predicted octanol–water partition coefficient (Wildman–Crippen LogP) is 4.14. The number of alkyl halides is 3. The molecular weight excluding hydrogens is 479 g/mol. The van der Waals surface area contributed by atoms with E-state index in [-0.39, 0.29) is 34.3 Å². The summed E-state index contributed by atoms with van der Waals surface area (Å²) in [6, 6.07) is 20.0. The summed E-state index contributed by atoms with van der Waals surface area (Å²) in [5.41, 5.74) is 0.447. The zero-order valence-corrected chi connectivity index (χ0v) is 18.5. The van der Waals surface area contributed by atoms with Gasteiger partial charge in [-0.15, -0.1) is 13.2 Å². The first-order chi connectivity index (χ1) is 17.2. The van der Waals surface area contributed by atoms with Crippen LogP contribution < -0.4 is 15.6 Å². The largest absolute Gasteiger partial charge is 0.573 e. The summed E-state index contributed by atoms with van der Waals surface area (Å²) in [6.07, 6.45) is -4.83. The molecule has 0 saturated carbocycles. The molecule has 1 N–H and O–H groups in total. The quantitative estimate of drug-likeness (QED) is 0.386. The summed E-state index contributed by atoms with van der Waals surface area (Å²) in [7, 11) is 0. The van der Waals surface area contributed by atoms with Crippen LogP contribution in [0.15, 0.2) is 83.7 Å². The van der Waals surface area contributed by atoms with E-state index in [1.807, 2.05) is 30.3 Å². The minimum absolute atomic E-state index is 0.124. The lowest BCUT2D eigenvalue weighted by Gasteiger charge is -2.12. The highest BCUT2D eigenvalue weighted by molar-refractivity contribution is 6.03. The molecule has 0 bridgehead atoms. The molecule has 4 aromatic rings. The Morgan fingerprint density at radius 3 is 2.19 bits per heavy atom. The van der Waals surface area contributed by atoms with Crippen LogP contribution in [0.25, 0.3) is 10.8 Å². The molecule has 0 unspecified atom stereocenters. The van der Waals surface area contributed by atoms with Crippen molar-refractivity contribution in [2.75, 3.05) is 11.9 Å². The van der Waals surface area contributed by atoms with Crippen LogP contribution in [0.5, 0.6) is 5.75 Å². The maximum atomic E-state index is 12.9. The summed E-state index contributed by atoms with van der Waals surface area (Å²) in [6.45, 7) is -0.563. The van der Waals surface area contributed by atoms with Crippen molar-refractivity contribution in [3.63, 3.8) is 0 Å². The number of halogens is 3. The third-order valence-corrected chi connectivity index (χ3v) is 4.94. The van der Waals surface area contributed by atoms with Crippen molar-refractivity contribution in [1.29, 1.82) is 0 Å². The fourth-order valence-corrected chi connectivity index (χ4v) is 3.39. The number of fused-ring (bicyclic) bond motifs is 1. The lowest BCUT2D eigenvalue weighted by Crippen LogP contribution is -2.28. The number of nitrogens with zero attached hydrogens (tertiary/aromatic N) is 2. The molecule has 184 valence electrons. The van der Waals surface area contributed by atoms with Crippen molar-refractivity contribution in [2.45, 2.75) is 12.9 Å². The number of esters is 1. The van der Waals surface area contributed by atoms with E-state index in [1.165, 1.54) is 12.1 Å². The molecule has 0 fully saturated rings. The van der Waals surface area contributed by atoms with Crippen molar-refractivity contribution in [3.05, 3.63) is 100 Å². The summed E-state index contributed by atoms with van der Waals surface area (Å²) >= 11 is 0. The number of carbonyl (C=O) groups excluding carboxylic acids is 2. The van der Waals surface area contributed by atoms with Crippen LogP contribution >= 0.6 is 0 Å². The number of aromatic nitrogens is 2. The Kier molecular flexibility index (Phi) is 7.00. The standard InChI is InChI=1S/C25H18F3N3O5/c26-25(27,28)36-18-12-10-17(11-13-18)29-21(32)15-35-24(34)22-19-8-4-5-9-20(19)23(33)31(30-22)14-16-6-2-1-3-7-16/h1-13H,14-15H2,(H,29,32). The fraction of sp³-hybridized carbons (Fsp3) is 0.120. The molecule has 0 radical (unpaired) electrons. The van der Waals surface area contributed by atoms with Crippen molar-refractivity contribution in [1.82, 2.24) is 9.78 Å². The van der Waals surface area contributed by atoms with E-state index in [0.717, 1.165) is 22.4 Å². The molecule has 36 heavy (non-hydrogen) atoms. The number of benzene rings is 3. The molecule has 11 heteroatoms. The normalized spacial score (nSPS) is 11.2. The SMILES string of the molecule is O=C(COC(=O)c1nn(Cc2ccccc2)c(=O)c2ccccc12)Nc1ccc(OC(F)(F)F)cc1. The highest BCUT2D eigenvalue weighted by Crippen LogP contribution is 2.24. The van der Waals surface area contributed by atoms with E-state index in [1.54, 1.807) is 24.3 Å². The summed E-state index contributed by atoms with van der Waals surface area (Å²) in [5.74, 6) is -2.10. The second-order valence-electron chi connectivity index (χ2n) is 7.54. The number of hydrogen-bond acceptors (Lipinski definition) is 6. The highest BCUT2D eigenvalue weighted by Gasteiger charge is 2.31. The van der Waals surface area contributed by atoms with Gasteiger partial charge in [0, 0.05) is 11.1 Å². The van der Waals surface area contributed by atoms with Gasteiger partial charge in [-0.2, -0.15) is 5.10 Å². The van der Waals surface area contributed by atoms with E-state index in [9.17, 15) is 27.6 Å². The summed E-state index contributed by atoms with van der Waals surface area (Å²) < 4.78 is 46.8. The number of anilines is 1. The maximum absolute atomic E-state index is 12.9. The van der Waals surface area contributed by atoms with Crippen LogP contribution in [0.3, 0.4) is 0 Å². The smallest absolute Gasteiger partial charge is 0.451 e. The van der Waals surface area contributed by atoms with Gasteiger partial charge in [0.05, 0.1) is 11.9 Å². The number of amides is 1. The fourth-order valence-electron chi connectivity index (χ4n) is 3.39. The van der Waals surface area contributed by atoms with E-state index >= 15 is 0 Å². The van der Waals surface area contributed by atoms with E-state index in [2.05, 4.69) is 15.2 Å². The monoisotopic (exact) mass is 497 g/mol. The van der Waals surface area contributed by atoms with Gasteiger partial charge in [-0.1, -0.05) is 48.5 Å². The van der Waals surface area contributed by atoms with Crippen molar-refractivity contribution >= 4 is 28.3 Å². The molecule has 3 aromatic carbocycles. The summed E-state index contributed by atoms with van der Waals surface area (Å²) in [5, 5.41) is 7.13. The van der Waals surface area contributed by atoms with E-state index < -0.39 is 30.6 Å². The Bertz CT molecular complexity index is 1450. The van der Waals surface area contributed by atoms with Crippen LogP contribution in [-0.4, -0.2) is 34.6 Å². The van der Waals surface area contributed by atoms with Gasteiger partial charge >= 0.3 is 12.3 Å². The van der Waals surface area contributed by atoms with E-state index in [0.29, 0.717) is 0 Å². The number of hydrogen-bond donors (Lipinski definition) is 1. The van der Waals surface area contributed by atoms with Crippen LogP contribution in [0, 0.1) is 0 Å². The molecule has 0 saturated heterocycles. The number of nitrogens with one attached hydrogen (secondary N) is 1. The second kappa shape index (κ2) is 10.3. The molecule has 0 aliphatic heterocycles. The predicted molar refractivity (Wildman–Crippen MR) is 124 cm³/mol. The van der Waals surface area contributed by atoms with Crippen molar-refractivity contribution in [2.24, 2.45) is 0 Å². The minimum Gasteiger partial charge on any atom is -0.451 e. The Morgan fingerprint density at radius 1 is 0.889 bits per heavy atom. The summed E-state index contributed by atoms with van der Waals surface area (Å²) in [4.78, 5) is 37.9. The van der Waals surface area contributed by atoms with Gasteiger partial charge in [0.25, 0.3) is 11.5 Å². The van der Waals surface area contributed by atoms with Gasteiger partial charge in [-0.3, -0.25) is 9.59 Å². The molecule has 1 aromatic heterocycles. The second-order valence-corrected chi connectivity index (χ2v) is 7.54. The molecule has 4 rings (SSSR count). The van der Waals surface area contributed by atoms with Crippen LogP contribution in [0.1, 0.15) is 16.1 Å². The average molecular weight is 497 g/mol. The van der Waals surface area contributed by atoms with Crippen LogP contribution in [0.2, 0.25) is 0 Å². The Labute approximate surface area is 201 Å². The van der Waals surface area contributed by atoms with Gasteiger partial charge < -0.3 is 14.8 Å². The third-order valence-electron chi connectivity index (χ3n) is 4.94. The van der Waals surface area contributed by atoms with Crippen LogP contribution in [0.4, 0.5) is 18.9 Å². The lowest BCUT2D eigenvalue weighted by molar-refractivity contribution is -0.274. The van der Waals surface area contributed by atoms with Gasteiger partial charge in [0.1, 0.15) is 5.75 Å². The molecule has 1 heterocycles. The van der Waals surface area contributed by atoms with E-state index in [4.69, 9.17) is 4.74 Å². The number of ether oxygens (including phenoxy) is 2. The average Bonchev–Trinajstić information content (AvgIpc) is 2.85. The Morgan fingerprint density at radius 2 is 1.53 bits per heavy atom. The van der Waals surface area contributed by atoms with Crippen LogP contribution in [-0.2, 0) is 16.1 Å². The van der Waals surface area contributed by atoms with Gasteiger partial charge in [0.2, 0.25) is 0 Å². The van der Waals surface area contributed by atoms with Gasteiger partial charge in [0.15, 0.2) is 12.3 Å². The van der Waals surface area contributed by atoms with Crippen molar-refractivity contribution in [3.8, 4) is 5.75 Å². The molecule has 0 aliphatic carbocycles. The number of rotatable bonds is 7. The number of carbonyl (C=O) groups is 2.